The van der Waals surface area contributed by atoms with Crippen molar-refractivity contribution in [3.05, 3.63) is 0 Å². The van der Waals surface area contributed by atoms with Gasteiger partial charge in [-0.1, -0.05) is 23.2 Å². The minimum absolute atomic E-state index is 0.171. The van der Waals surface area contributed by atoms with Crippen molar-refractivity contribution >= 4 is 23.2 Å². The van der Waals surface area contributed by atoms with Gasteiger partial charge in [-0.15, -0.1) is 0 Å². The van der Waals surface area contributed by atoms with Crippen molar-refractivity contribution in [2.75, 3.05) is 13.2 Å². The molecule has 0 saturated carbocycles. The van der Waals surface area contributed by atoms with Gasteiger partial charge in [0, 0.05) is 0 Å². The van der Waals surface area contributed by atoms with Crippen molar-refractivity contribution in [1.29, 1.82) is 0 Å². The van der Waals surface area contributed by atoms with E-state index in [2.05, 4.69) is 0 Å². The molecule has 0 bridgehead atoms. The molecule has 1 saturated heterocycles. The van der Waals surface area contributed by atoms with E-state index < -0.39 is 4.33 Å². The summed E-state index contributed by atoms with van der Waals surface area (Å²) >= 11 is 11.3. The maximum atomic E-state index is 5.65. The van der Waals surface area contributed by atoms with Gasteiger partial charge in [0.15, 0.2) is 10.6 Å². The third kappa shape index (κ3) is 2.30. The second kappa shape index (κ2) is 2.62. The molecule has 0 atom stereocenters. The predicted molar refractivity (Wildman–Crippen MR) is 35.8 cm³/mol. The van der Waals surface area contributed by atoms with Gasteiger partial charge in [-0.3, -0.25) is 0 Å². The summed E-state index contributed by atoms with van der Waals surface area (Å²) in [7, 11) is 0. The van der Waals surface area contributed by atoms with E-state index in [1.165, 1.54) is 0 Å². The Morgan fingerprint density at radius 3 is 2.11 bits per heavy atom. The lowest BCUT2D eigenvalue weighted by molar-refractivity contribution is -0.171. The molecule has 1 rings (SSSR count). The van der Waals surface area contributed by atoms with Gasteiger partial charge in [-0.25, -0.2) is 0 Å². The van der Waals surface area contributed by atoms with Crippen molar-refractivity contribution in [1.82, 2.24) is 0 Å². The van der Waals surface area contributed by atoms with Gasteiger partial charge < -0.3 is 9.47 Å². The molecule has 0 aromatic heterocycles. The lowest BCUT2D eigenvalue weighted by atomic mass is 10.4. The molecule has 0 aromatic rings. The van der Waals surface area contributed by atoms with Crippen LogP contribution in [0.2, 0.25) is 0 Å². The normalized spacial score (nSPS) is 28.3. The quantitative estimate of drug-likeness (QED) is 0.515. The fraction of sp³-hybridized carbons (Fsp3) is 1.00. The van der Waals surface area contributed by atoms with Crippen LogP contribution in [0.4, 0.5) is 0 Å². The molecule has 0 radical (unpaired) electrons. The van der Waals surface area contributed by atoms with Gasteiger partial charge in [0.2, 0.25) is 0 Å². The molecule has 1 fully saturated rings. The summed E-state index contributed by atoms with van der Waals surface area (Å²) in [6, 6.07) is 0. The Labute approximate surface area is 64.0 Å². The maximum Gasteiger partial charge on any atom is 0.164 e. The minimum atomic E-state index is -0.841. The lowest BCUT2D eigenvalue weighted by Crippen LogP contribution is -2.37. The monoisotopic (exact) mass is 170 g/mol. The summed E-state index contributed by atoms with van der Waals surface area (Å²) < 4.78 is 9.17. The molecule has 0 unspecified atom stereocenters. The Balaban J connectivity index is 2.35. The van der Waals surface area contributed by atoms with Gasteiger partial charge in [0.25, 0.3) is 0 Å². The molecule has 2 nitrogen and oxygen atoms in total. The molecule has 4 heteroatoms. The zero-order valence-corrected chi connectivity index (χ0v) is 6.58. The van der Waals surface area contributed by atoms with Crippen LogP contribution in [0.5, 0.6) is 0 Å². The van der Waals surface area contributed by atoms with E-state index in [4.69, 9.17) is 32.7 Å². The fourth-order valence-corrected chi connectivity index (χ4v) is 0.820. The van der Waals surface area contributed by atoms with E-state index in [0.717, 1.165) is 0 Å². The molecule has 1 aliphatic heterocycles. The summed E-state index contributed by atoms with van der Waals surface area (Å²) in [6.45, 7) is 2.50. The summed E-state index contributed by atoms with van der Waals surface area (Å²) in [5.74, 6) is 0. The third-order valence-electron chi connectivity index (χ3n) is 1.06. The molecule has 0 amide bonds. The summed E-state index contributed by atoms with van der Waals surface area (Å²) in [5, 5.41) is 0. The Morgan fingerprint density at radius 1 is 1.33 bits per heavy atom. The zero-order chi connectivity index (χ0) is 6.91. The highest BCUT2D eigenvalue weighted by Gasteiger charge is 2.30. The number of alkyl halides is 2. The van der Waals surface area contributed by atoms with Crippen molar-refractivity contribution in [2.45, 2.75) is 17.5 Å². The summed E-state index contributed by atoms with van der Waals surface area (Å²) in [5.41, 5.74) is 0. The standard InChI is InChI=1S/C5H8Cl2O2/c1-4-8-2-5(6,7)3-9-4/h4H,2-3H2,1H3. The van der Waals surface area contributed by atoms with Crippen molar-refractivity contribution in [3.8, 4) is 0 Å². The van der Waals surface area contributed by atoms with Crippen LogP contribution in [0.25, 0.3) is 0 Å². The van der Waals surface area contributed by atoms with Crippen LogP contribution in [-0.4, -0.2) is 23.8 Å². The van der Waals surface area contributed by atoms with Crippen LogP contribution in [0.15, 0.2) is 0 Å². The first-order valence-electron chi connectivity index (χ1n) is 2.71. The topological polar surface area (TPSA) is 18.5 Å². The SMILES string of the molecule is CC1OCC(Cl)(Cl)CO1. The average Bonchev–Trinajstić information content (AvgIpc) is 1.78. The molecule has 0 N–H and O–H groups in total. The molecule has 0 spiro atoms. The highest BCUT2D eigenvalue weighted by molar-refractivity contribution is 6.48. The van der Waals surface area contributed by atoms with E-state index in [9.17, 15) is 0 Å². The number of ether oxygens (including phenoxy) is 2. The molecule has 1 aliphatic rings. The van der Waals surface area contributed by atoms with E-state index in [1.807, 2.05) is 6.92 Å². The highest BCUT2D eigenvalue weighted by Crippen LogP contribution is 2.26. The van der Waals surface area contributed by atoms with Gasteiger partial charge in [0.05, 0.1) is 13.2 Å². The Kier molecular flexibility index (Phi) is 2.22. The first-order valence-corrected chi connectivity index (χ1v) is 3.47. The van der Waals surface area contributed by atoms with Crippen LogP contribution in [0.3, 0.4) is 0 Å². The number of rotatable bonds is 0. The minimum Gasteiger partial charge on any atom is -0.350 e. The second-order valence-corrected chi connectivity index (χ2v) is 3.69. The van der Waals surface area contributed by atoms with Crippen LogP contribution in [0, 0.1) is 0 Å². The predicted octanol–water partition coefficient (Wildman–Crippen LogP) is 1.55. The van der Waals surface area contributed by atoms with Crippen LogP contribution in [0.1, 0.15) is 6.92 Å². The number of halogens is 2. The summed E-state index contributed by atoms with van der Waals surface area (Å²) in [6.07, 6.45) is -0.171. The molecule has 9 heavy (non-hydrogen) atoms. The third-order valence-corrected chi connectivity index (χ3v) is 1.49. The second-order valence-electron chi connectivity index (χ2n) is 2.05. The van der Waals surface area contributed by atoms with Crippen LogP contribution in [-0.2, 0) is 9.47 Å². The Morgan fingerprint density at radius 2 is 1.78 bits per heavy atom. The molecular formula is C5H8Cl2O2. The van der Waals surface area contributed by atoms with E-state index in [0.29, 0.717) is 13.2 Å². The summed E-state index contributed by atoms with van der Waals surface area (Å²) in [4.78, 5) is 0. The molecule has 1 heterocycles. The van der Waals surface area contributed by atoms with Crippen LogP contribution >= 0.6 is 23.2 Å². The fourth-order valence-electron chi connectivity index (χ4n) is 0.568. The highest BCUT2D eigenvalue weighted by atomic mass is 35.5. The molecule has 0 aliphatic carbocycles. The average molecular weight is 171 g/mol. The van der Waals surface area contributed by atoms with Crippen molar-refractivity contribution < 1.29 is 9.47 Å². The number of hydrogen-bond acceptors (Lipinski definition) is 2. The Hall–Kier alpha value is 0.500. The van der Waals surface area contributed by atoms with E-state index in [1.54, 1.807) is 0 Å². The van der Waals surface area contributed by atoms with E-state index >= 15 is 0 Å². The largest absolute Gasteiger partial charge is 0.350 e. The maximum absolute atomic E-state index is 5.65. The lowest BCUT2D eigenvalue weighted by Gasteiger charge is -2.28. The Bertz CT molecular complexity index is 95.1. The van der Waals surface area contributed by atoms with Crippen molar-refractivity contribution in [3.63, 3.8) is 0 Å². The molecular weight excluding hydrogens is 163 g/mol. The van der Waals surface area contributed by atoms with E-state index in [-0.39, 0.29) is 6.29 Å². The van der Waals surface area contributed by atoms with Gasteiger partial charge in [-0.2, -0.15) is 0 Å². The number of hydrogen-bond donors (Lipinski definition) is 0. The molecule has 0 aromatic carbocycles. The van der Waals surface area contributed by atoms with Gasteiger partial charge in [-0.05, 0) is 6.92 Å². The first kappa shape index (κ1) is 7.61. The first-order chi connectivity index (χ1) is 4.10. The van der Waals surface area contributed by atoms with Gasteiger partial charge >= 0.3 is 0 Å². The smallest absolute Gasteiger partial charge is 0.164 e. The van der Waals surface area contributed by atoms with Crippen LogP contribution < -0.4 is 0 Å². The van der Waals surface area contributed by atoms with Crippen molar-refractivity contribution in [2.24, 2.45) is 0 Å². The zero-order valence-electron chi connectivity index (χ0n) is 5.06. The molecule has 54 valence electrons. The van der Waals surface area contributed by atoms with Gasteiger partial charge in [0.1, 0.15) is 0 Å².